The molecule has 0 aliphatic carbocycles. The van der Waals surface area contributed by atoms with Crippen molar-refractivity contribution in [3.8, 4) is 0 Å². The average molecular weight is 280 g/mol. The van der Waals surface area contributed by atoms with E-state index in [2.05, 4.69) is 22.0 Å². The molecule has 0 aromatic carbocycles. The molecule has 0 bridgehead atoms. The van der Waals surface area contributed by atoms with Crippen molar-refractivity contribution < 1.29 is 13.9 Å². The molecule has 1 N–H and O–H groups in total. The summed E-state index contributed by atoms with van der Waals surface area (Å²) in [6.45, 7) is 4.07. The van der Waals surface area contributed by atoms with E-state index >= 15 is 0 Å². The highest BCUT2D eigenvalue weighted by molar-refractivity contribution is 5.86. The lowest BCUT2D eigenvalue weighted by Gasteiger charge is -2.28. The van der Waals surface area contributed by atoms with Gasteiger partial charge in [0.05, 0.1) is 13.7 Å². The number of carbonyl (C=O) groups is 1. The average Bonchev–Trinajstić information content (AvgIpc) is 2.93. The van der Waals surface area contributed by atoms with Crippen molar-refractivity contribution in [2.75, 3.05) is 33.8 Å². The quantitative estimate of drug-likeness (QED) is 0.637. The molecular formula is C15H24N2O3. The largest absolute Gasteiger partial charge is 0.463 e. The number of ether oxygens (including phenoxy) is 1. The number of likely N-dealkylation sites (tertiary alicyclic amines) is 1. The molecule has 0 radical (unpaired) electrons. The molecule has 1 aliphatic heterocycles. The fourth-order valence-corrected chi connectivity index (χ4v) is 2.55. The van der Waals surface area contributed by atoms with Crippen LogP contribution in [0.15, 0.2) is 16.5 Å². The minimum Gasteiger partial charge on any atom is -0.463 e. The number of esters is 1. The maximum atomic E-state index is 11.2. The van der Waals surface area contributed by atoms with Crippen LogP contribution in [0.4, 0.5) is 0 Å². The van der Waals surface area contributed by atoms with Gasteiger partial charge in [0.1, 0.15) is 5.76 Å². The van der Waals surface area contributed by atoms with Crippen LogP contribution >= 0.6 is 0 Å². The Balaban J connectivity index is 1.63. The molecule has 1 fully saturated rings. The second-order valence-corrected chi connectivity index (χ2v) is 5.47. The second-order valence-electron chi connectivity index (χ2n) is 5.47. The fraction of sp³-hybridized carbons (Fsp3) is 0.667. The van der Waals surface area contributed by atoms with Crippen molar-refractivity contribution >= 4 is 5.97 Å². The predicted molar refractivity (Wildman–Crippen MR) is 76.6 cm³/mol. The van der Waals surface area contributed by atoms with Gasteiger partial charge in [0.2, 0.25) is 5.76 Å². The van der Waals surface area contributed by atoms with Crippen LogP contribution in [-0.2, 0) is 11.3 Å². The molecule has 2 rings (SSSR count). The Morgan fingerprint density at radius 2 is 2.20 bits per heavy atom. The van der Waals surface area contributed by atoms with Crippen LogP contribution in [0.3, 0.4) is 0 Å². The molecule has 0 amide bonds. The summed E-state index contributed by atoms with van der Waals surface area (Å²) in [4.78, 5) is 13.6. The summed E-state index contributed by atoms with van der Waals surface area (Å²) in [5, 5.41) is 3.37. The van der Waals surface area contributed by atoms with Gasteiger partial charge in [-0.3, -0.25) is 0 Å². The Morgan fingerprint density at radius 3 is 2.90 bits per heavy atom. The lowest BCUT2D eigenvalue weighted by Crippen LogP contribution is -2.31. The number of piperidine rings is 1. The number of hydrogen-bond donors (Lipinski definition) is 1. The number of methoxy groups -OCH3 is 1. The van der Waals surface area contributed by atoms with E-state index in [1.807, 2.05) is 6.07 Å². The normalized spacial score (nSPS) is 17.3. The van der Waals surface area contributed by atoms with Crippen molar-refractivity contribution in [3.05, 3.63) is 23.7 Å². The van der Waals surface area contributed by atoms with Gasteiger partial charge >= 0.3 is 5.97 Å². The minimum absolute atomic E-state index is 0.264. The molecule has 0 atom stereocenters. The zero-order valence-corrected chi connectivity index (χ0v) is 12.4. The van der Waals surface area contributed by atoms with Gasteiger partial charge < -0.3 is 19.4 Å². The third kappa shape index (κ3) is 4.35. The zero-order valence-electron chi connectivity index (χ0n) is 12.4. The molecule has 5 heteroatoms. The number of nitrogens with zero attached hydrogens (tertiary/aromatic N) is 1. The van der Waals surface area contributed by atoms with E-state index in [-0.39, 0.29) is 5.76 Å². The first-order valence-electron chi connectivity index (χ1n) is 7.25. The van der Waals surface area contributed by atoms with Crippen LogP contribution in [0.1, 0.15) is 35.6 Å². The highest BCUT2D eigenvalue weighted by Crippen LogP contribution is 2.18. The van der Waals surface area contributed by atoms with Crippen LogP contribution in [0.5, 0.6) is 0 Å². The molecule has 1 aromatic rings. The minimum atomic E-state index is -0.428. The van der Waals surface area contributed by atoms with Gasteiger partial charge in [0.15, 0.2) is 0 Å². The van der Waals surface area contributed by atoms with E-state index < -0.39 is 5.97 Å². The third-order valence-electron chi connectivity index (χ3n) is 3.91. The fourth-order valence-electron chi connectivity index (χ4n) is 2.55. The van der Waals surface area contributed by atoms with Gasteiger partial charge in [-0.1, -0.05) is 0 Å². The molecule has 20 heavy (non-hydrogen) atoms. The summed E-state index contributed by atoms with van der Waals surface area (Å²) in [6, 6.07) is 3.47. The standard InChI is InChI=1S/C15H24N2O3/c1-17-9-6-12(7-10-17)5-8-16-11-13-3-4-14(20-13)15(18)19-2/h3-4,12,16H,5-11H2,1-2H3. The molecule has 1 aliphatic rings. The number of carbonyl (C=O) groups excluding carboxylic acids is 1. The molecular weight excluding hydrogens is 256 g/mol. The molecule has 112 valence electrons. The number of nitrogens with one attached hydrogen (secondary N) is 1. The Morgan fingerprint density at radius 1 is 1.45 bits per heavy atom. The summed E-state index contributed by atoms with van der Waals surface area (Å²) < 4.78 is 10.0. The van der Waals surface area contributed by atoms with Crippen LogP contribution in [0.25, 0.3) is 0 Å². The number of furan rings is 1. The van der Waals surface area contributed by atoms with Gasteiger partial charge in [0, 0.05) is 0 Å². The van der Waals surface area contributed by atoms with Crippen LogP contribution < -0.4 is 5.32 Å². The van der Waals surface area contributed by atoms with Crippen molar-refractivity contribution in [1.29, 1.82) is 0 Å². The first-order chi connectivity index (χ1) is 9.69. The van der Waals surface area contributed by atoms with Crippen LogP contribution in [0, 0.1) is 5.92 Å². The van der Waals surface area contributed by atoms with Crippen molar-refractivity contribution in [3.63, 3.8) is 0 Å². The molecule has 1 aromatic heterocycles. The molecule has 0 saturated carbocycles. The monoisotopic (exact) mass is 280 g/mol. The molecule has 2 heterocycles. The smallest absolute Gasteiger partial charge is 0.373 e. The van der Waals surface area contributed by atoms with Gasteiger partial charge in [0.25, 0.3) is 0 Å². The number of hydrogen-bond acceptors (Lipinski definition) is 5. The van der Waals surface area contributed by atoms with E-state index in [1.54, 1.807) is 6.07 Å². The van der Waals surface area contributed by atoms with Gasteiger partial charge in [-0.2, -0.15) is 0 Å². The third-order valence-corrected chi connectivity index (χ3v) is 3.91. The predicted octanol–water partition coefficient (Wildman–Crippen LogP) is 1.89. The summed E-state index contributed by atoms with van der Waals surface area (Å²) in [5.41, 5.74) is 0. The molecule has 0 unspecified atom stereocenters. The molecule has 0 spiro atoms. The lowest BCUT2D eigenvalue weighted by molar-refractivity contribution is 0.0563. The first-order valence-corrected chi connectivity index (χ1v) is 7.25. The zero-order chi connectivity index (χ0) is 14.4. The molecule has 1 saturated heterocycles. The van der Waals surface area contributed by atoms with E-state index in [1.165, 1.54) is 39.5 Å². The topological polar surface area (TPSA) is 54.7 Å². The Labute approximate surface area is 120 Å². The van der Waals surface area contributed by atoms with Crippen molar-refractivity contribution in [2.24, 2.45) is 5.92 Å². The Kier molecular flexibility index (Phi) is 5.61. The SMILES string of the molecule is COC(=O)c1ccc(CNCCC2CCN(C)CC2)o1. The second kappa shape index (κ2) is 7.45. The maximum absolute atomic E-state index is 11.2. The highest BCUT2D eigenvalue weighted by atomic mass is 16.5. The number of rotatable bonds is 6. The van der Waals surface area contributed by atoms with Gasteiger partial charge in [-0.05, 0) is 64.0 Å². The summed E-state index contributed by atoms with van der Waals surface area (Å²) in [5.74, 6) is 1.44. The van der Waals surface area contributed by atoms with Crippen LogP contribution in [-0.4, -0.2) is 44.7 Å². The summed E-state index contributed by atoms with van der Waals surface area (Å²) in [7, 11) is 3.54. The van der Waals surface area contributed by atoms with Crippen LogP contribution in [0.2, 0.25) is 0 Å². The van der Waals surface area contributed by atoms with Gasteiger partial charge in [-0.25, -0.2) is 4.79 Å². The van der Waals surface area contributed by atoms with E-state index in [0.29, 0.717) is 6.54 Å². The highest BCUT2D eigenvalue weighted by Gasteiger charge is 2.16. The van der Waals surface area contributed by atoms with E-state index in [9.17, 15) is 4.79 Å². The van der Waals surface area contributed by atoms with Crippen molar-refractivity contribution in [2.45, 2.75) is 25.8 Å². The first kappa shape index (κ1) is 15.1. The Bertz CT molecular complexity index is 423. The summed E-state index contributed by atoms with van der Waals surface area (Å²) >= 11 is 0. The van der Waals surface area contributed by atoms with E-state index in [0.717, 1.165) is 18.2 Å². The maximum Gasteiger partial charge on any atom is 0.373 e. The summed E-state index contributed by atoms with van der Waals surface area (Å²) in [6.07, 6.45) is 3.80. The Hall–Kier alpha value is -1.33. The van der Waals surface area contributed by atoms with Gasteiger partial charge in [-0.15, -0.1) is 0 Å². The molecule has 5 nitrogen and oxygen atoms in total. The lowest BCUT2D eigenvalue weighted by atomic mass is 9.94. The van der Waals surface area contributed by atoms with E-state index in [4.69, 9.17) is 4.42 Å². The van der Waals surface area contributed by atoms with Crippen molar-refractivity contribution in [1.82, 2.24) is 10.2 Å².